The molecule has 0 spiro atoms. The summed E-state index contributed by atoms with van der Waals surface area (Å²) in [5.41, 5.74) is 0.672. The van der Waals surface area contributed by atoms with E-state index in [2.05, 4.69) is 10.1 Å². The minimum Gasteiger partial charge on any atom is -0.494 e. The standard InChI is InChI=1S/C20H25N3O6S/c1-4-29-15-9-7-14(8-10-15)21-19(24)17-6-5-11-23(17)30(26,27)16-12-18(20(25)28-3)22(2)13-16/h7-10,12-13,17H,4-6,11H2,1-3H3,(H,21,24)/t17-/m0/s1. The van der Waals surface area contributed by atoms with Gasteiger partial charge in [0, 0.05) is 25.5 Å². The third kappa shape index (κ3) is 4.34. The topological polar surface area (TPSA) is 107 Å². The van der Waals surface area contributed by atoms with Gasteiger partial charge in [-0.3, -0.25) is 4.79 Å². The van der Waals surface area contributed by atoms with Gasteiger partial charge in [-0.1, -0.05) is 0 Å². The molecule has 1 atom stereocenters. The number of carbonyl (C=O) groups excluding carboxylic acids is 2. The van der Waals surface area contributed by atoms with Crippen molar-refractivity contribution >= 4 is 27.6 Å². The lowest BCUT2D eigenvalue weighted by Crippen LogP contribution is -2.43. The van der Waals surface area contributed by atoms with Crippen molar-refractivity contribution in [2.75, 3.05) is 25.6 Å². The van der Waals surface area contributed by atoms with Crippen LogP contribution < -0.4 is 10.1 Å². The highest BCUT2D eigenvalue weighted by molar-refractivity contribution is 7.89. The maximum atomic E-state index is 13.2. The van der Waals surface area contributed by atoms with Gasteiger partial charge >= 0.3 is 5.97 Å². The van der Waals surface area contributed by atoms with Crippen molar-refractivity contribution in [3.05, 3.63) is 42.2 Å². The third-order valence-corrected chi connectivity index (χ3v) is 6.79. The Hall–Kier alpha value is -2.85. The van der Waals surface area contributed by atoms with Crippen LogP contribution in [0.25, 0.3) is 0 Å². The highest BCUT2D eigenvalue weighted by Gasteiger charge is 2.40. The van der Waals surface area contributed by atoms with Gasteiger partial charge in [0.25, 0.3) is 0 Å². The van der Waals surface area contributed by atoms with Crippen LogP contribution in [-0.4, -0.2) is 55.5 Å². The average molecular weight is 436 g/mol. The van der Waals surface area contributed by atoms with E-state index < -0.39 is 27.9 Å². The molecule has 1 aliphatic heterocycles. The molecule has 1 N–H and O–H groups in total. The van der Waals surface area contributed by atoms with E-state index in [0.717, 1.165) is 0 Å². The van der Waals surface area contributed by atoms with Crippen LogP contribution in [0.3, 0.4) is 0 Å². The maximum absolute atomic E-state index is 13.2. The molecule has 0 unspecified atom stereocenters. The first-order valence-corrected chi connectivity index (χ1v) is 11.0. The van der Waals surface area contributed by atoms with Gasteiger partial charge in [-0.15, -0.1) is 0 Å². The Morgan fingerprint density at radius 1 is 1.23 bits per heavy atom. The molecule has 1 aromatic heterocycles. The van der Waals surface area contributed by atoms with Gasteiger partial charge in [-0.25, -0.2) is 13.2 Å². The zero-order valence-electron chi connectivity index (χ0n) is 17.1. The lowest BCUT2D eigenvalue weighted by Gasteiger charge is -2.23. The van der Waals surface area contributed by atoms with Gasteiger partial charge in [0.1, 0.15) is 22.4 Å². The summed E-state index contributed by atoms with van der Waals surface area (Å²) in [5, 5.41) is 2.77. The molecule has 3 rings (SSSR count). The predicted molar refractivity (Wildman–Crippen MR) is 110 cm³/mol. The summed E-state index contributed by atoms with van der Waals surface area (Å²) in [7, 11) is -1.17. The fraction of sp³-hybridized carbons (Fsp3) is 0.400. The van der Waals surface area contributed by atoms with Gasteiger partial charge in [0.2, 0.25) is 15.9 Å². The van der Waals surface area contributed by atoms with Crippen molar-refractivity contribution in [1.82, 2.24) is 8.87 Å². The zero-order chi connectivity index (χ0) is 21.9. The van der Waals surface area contributed by atoms with Gasteiger partial charge < -0.3 is 19.4 Å². The van der Waals surface area contributed by atoms with Crippen LogP contribution in [0, 0.1) is 0 Å². The number of hydrogen-bond acceptors (Lipinski definition) is 6. The molecule has 1 amide bonds. The molecule has 0 bridgehead atoms. The number of sulfonamides is 1. The molecule has 0 saturated carbocycles. The second kappa shape index (κ2) is 8.88. The Morgan fingerprint density at radius 2 is 1.93 bits per heavy atom. The normalized spacial score (nSPS) is 17.0. The Labute approximate surface area is 175 Å². The second-order valence-electron chi connectivity index (χ2n) is 6.88. The Kier molecular flexibility index (Phi) is 6.47. The van der Waals surface area contributed by atoms with Crippen molar-refractivity contribution in [2.45, 2.75) is 30.7 Å². The summed E-state index contributed by atoms with van der Waals surface area (Å²) in [6.45, 7) is 2.65. The number of rotatable bonds is 7. The predicted octanol–water partition coefficient (Wildman–Crippen LogP) is 2.00. The summed E-state index contributed by atoms with van der Waals surface area (Å²) in [5.74, 6) is -0.347. The van der Waals surface area contributed by atoms with Gasteiger partial charge in [-0.2, -0.15) is 4.31 Å². The van der Waals surface area contributed by atoms with Crippen LogP contribution in [0.2, 0.25) is 0 Å². The minimum absolute atomic E-state index is 0.0498. The summed E-state index contributed by atoms with van der Waals surface area (Å²) in [6, 6.07) is 7.32. The molecule has 2 aromatic rings. The number of hydrogen-bond donors (Lipinski definition) is 1. The molecule has 0 aliphatic carbocycles. The molecular weight excluding hydrogens is 410 g/mol. The lowest BCUT2D eigenvalue weighted by atomic mass is 10.2. The van der Waals surface area contributed by atoms with Crippen molar-refractivity contribution in [3.63, 3.8) is 0 Å². The van der Waals surface area contributed by atoms with Crippen LogP contribution in [0.1, 0.15) is 30.3 Å². The number of carbonyl (C=O) groups is 2. The molecule has 9 nitrogen and oxygen atoms in total. The molecule has 10 heteroatoms. The molecule has 1 fully saturated rings. The first kappa shape index (κ1) is 21.8. The summed E-state index contributed by atoms with van der Waals surface area (Å²) in [4.78, 5) is 24.6. The Balaban J connectivity index is 1.78. The van der Waals surface area contributed by atoms with Gasteiger partial charge in [-0.05, 0) is 50.1 Å². The zero-order valence-corrected chi connectivity index (χ0v) is 17.9. The lowest BCUT2D eigenvalue weighted by molar-refractivity contribution is -0.119. The van der Waals surface area contributed by atoms with Crippen LogP contribution >= 0.6 is 0 Å². The molecule has 162 valence electrons. The number of nitrogens with one attached hydrogen (secondary N) is 1. The van der Waals surface area contributed by atoms with Crippen LogP contribution in [0.4, 0.5) is 5.69 Å². The van der Waals surface area contributed by atoms with Crippen LogP contribution in [-0.2, 0) is 26.6 Å². The van der Waals surface area contributed by atoms with Crippen molar-refractivity contribution in [3.8, 4) is 5.75 Å². The van der Waals surface area contributed by atoms with E-state index in [-0.39, 0.29) is 17.1 Å². The summed E-state index contributed by atoms with van der Waals surface area (Å²) >= 11 is 0. The molecule has 1 saturated heterocycles. The van der Waals surface area contributed by atoms with Crippen molar-refractivity contribution < 1.29 is 27.5 Å². The van der Waals surface area contributed by atoms with Crippen LogP contribution in [0.15, 0.2) is 41.4 Å². The van der Waals surface area contributed by atoms with Gasteiger partial charge in [0.05, 0.1) is 13.7 Å². The maximum Gasteiger partial charge on any atom is 0.354 e. The first-order valence-electron chi connectivity index (χ1n) is 9.58. The quantitative estimate of drug-likeness (QED) is 0.667. The monoisotopic (exact) mass is 435 g/mol. The van der Waals surface area contributed by atoms with E-state index in [4.69, 9.17) is 4.74 Å². The van der Waals surface area contributed by atoms with E-state index in [1.165, 1.54) is 28.2 Å². The average Bonchev–Trinajstić information content (AvgIpc) is 3.37. The van der Waals surface area contributed by atoms with E-state index in [9.17, 15) is 18.0 Å². The van der Waals surface area contributed by atoms with Crippen molar-refractivity contribution in [1.29, 1.82) is 0 Å². The molecule has 30 heavy (non-hydrogen) atoms. The third-order valence-electron chi connectivity index (χ3n) is 4.92. The number of methoxy groups -OCH3 is 1. The highest BCUT2D eigenvalue weighted by atomic mass is 32.2. The second-order valence-corrected chi connectivity index (χ2v) is 8.77. The number of aryl methyl sites for hydroxylation is 1. The number of esters is 1. The molecule has 1 aliphatic rings. The van der Waals surface area contributed by atoms with Crippen LogP contribution in [0.5, 0.6) is 5.75 Å². The number of aromatic nitrogens is 1. The van der Waals surface area contributed by atoms with E-state index in [1.807, 2.05) is 6.92 Å². The summed E-state index contributed by atoms with van der Waals surface area (Å²) in [6.07, 6.45) is 2.33. The number of anilines is 1. The largest absolute Gasteiger partial charge is 0.494 e. The van der Waals surface area contributed by atoms with E-state index >= 15 is 0 Å². The summed E-state index contributed by atoms with van der Waals surface area (Å²) < 4.78 is 39.0. The van der Waals surface area contributed by atoms with Gasteiger partial charge in [0.15, 0.2) is 0 Å². The fourth-order valence-electron chi connectivity index (χ4n) is 3.43. The number of nitrogens with zero attached hydrogens (tertiary/aromatic N) is 2. The molecule has 2 heterocycles. The fourth-order valence-corrected chi connectivity index (χ4v) is 5.16. The van der Waals surface area contributed by atoms with E-state index in [0.29, 0.717) is 30.9 Å². The first-order chi connectivity index (χ1) is 14.3. The Morgan fingerprint density at radius 3 is 2.57 bits per heavy atom. The van der Waals surface area contributed by atoms with Crippen molar-refractivity contribution in [2.24, 2.45) is 7.05 Å². The number of benzene rings is 1. The SMILES string of the molecule is CCOc1ccc(NC(=O)[C@@H]2CCCN2S(=O)(=O)c2cc(C(=O)OC)n(C)c2)cc1. The molecular formula is C20H25N3O6S. The molecule has 0 radical (unpaired) electrons. The molecule has 1 aromatic carbocycles. The number of ether oxygens (including phenoxy) is 2. The number of amides is 1. The highest BCUT2D eigenvalue weighted by Crippen LogP contribution is 2.28. The van der Waals surface area contributed by atoms with E-state index in [1.54, 1.807) is 31.3 Å². The Bertz CT molecular complexity index is 1030. The minimum atomic E-state index is -3.96. The smallest absolute Gasteiger partial charge is 0.354 e.